The Balaban J connectivity index is 2.47. The van der Waals surface area contributed by atoms with Gasteiger partial charge in [0.1, 0.15) is 12.1 Å². The molecule has 0 aliphatic heterocycles. The highest BCUT2D eigenvalue weighted by molar-refractivity contribution is 5.90. The summed E-state index contributed by atoms with van der Waals surface area (Å²) >= 11 is 0. The Morgan fingerprint density at radius 3 is 3.00 bits per heavy atom. The minimum absolute atomic E-state index is 0.0157. The normalized spacial score (nSPS) is 9.61. The van der Waals surface area contributed by atoms with E-state index in [1.54, 1.807) is 13.0 Å². The molecule has 0 aliphatic rings. The van der Waals surface area contributed by atoms with Gasteiger partial charge in [0.05, 0.1) is 17.0 Å². The van der Waals surface area contributed by atoms with Crippen LogP contribution in [0.25, 0.3) is 10.9 Å². The molecule has 0 radical (unpaired) electrons. The summed E-state index contributed by atoms with van der Waals surface area (Å²) in [7, 11) is 0. The molecule has 0 bridgehead atoms. The summed E-state index contributed by atoms with van der Waals surface area (Å²) in [4.78, 5) is 18.4. The summed E-state index contributed by atoms with van der Waals surface area (Å²) in [6, 6.07) is 4.48. The van der Waals surface area contributed by atoms with Crippen molar-refractivity contribution < 1.29 is 4.92 Å². The Morgan fingerprint density at radius 2 is 2.28 bits per heavy atom. The summed E-state index contributed by atoms with van der Waals surface area (Å²) in [5.41, 5.74) is 0.671. The third kappa shape index (κ3) is 2.35. The molecule has 18 heavy (non-hydrogen) atoms. The van der Waals surface area contributed by atoms with Crippen molar-refractivity contribution in [3.63, 3.8) is 0 Å². The van der Waals surface area contributed by atoms with Gasteiger partial charge in [-0.05, 0) is 13.0 Å². The van der Waals surface area contributed by atoms with Gasteiger partial charge < -0.3 is 5.32 Å². The molecule has 2 rings (SSSR count). The van der Waals surface area contributed by atoms with Crippen LogP contribution in [0.1, 0.15) is 6.92 Å². The van der Waals surface area contributed by atoms with Crippen LogP contribution in [0.15, 0.2) is 24.5 Å². The zero-order chi connectivity index (χ0) is 13.0. The monoisotopic (exact) mass is 242 g/mol. The van der Waals surface area contributed by atoms with Crippen LogP contribution in [0.4, 0.5) is 11.5 Å². The van der Waals surface area contributed by atoms with E-state index in [-0.39, 0.29) is 5.69 Å². The van der Waals surface area contributed by atoms with Gasteiger partial charge in [0, 0.05) is 17.5 Å². The first kappa shape index (κ1) is 11.8. The Morgan fingerprint density at radius 1 is 1.44 bits per heavy atom. The molecule has 0 fully saturated rings. The van der Waals surface area contributed by atoms with Gasteiger partial charge in [-0.1, -0.05) is 5.92 Å². The van der Waals surface area contributed by atoms with Crippen LogP contribution in [0.3, 0.4) is 0 Å². The fourth-order valence-corrected chi connectivity index (χ4v) is 1.52. The fourth-order valence-electron chi connectivity index (χ4n) is 1.52. The number of aromatic nitrogens is 2. The van der Waals surface area contributed by atoms with E-state index in [2.05, 4.69) is 27.1 Å². The predicted octanol–water partition coefficient (Wildman–Crippen LogP) is 1.97. The maximum absolute atomic E-state index is 10.7. The number of nitrogens with one attached hydrogen (secondary N) is 1. The molecule has 0 spiro atoms. The van der Waals surface area contributed by atoms with Gasteiger partial charge >= 0.3 is 0 Å². The minimum Gasteiger partial charge on any atom is -0.359 e. The summed E-state index contributed by atoms with van der Waals surface area (Å²) in [5, 5.41) is 14.4. The first-order valence-electron chi connectivity index (χ1n) is 5.25. The van der Waals surface area contributed by atoms with E-state index in [0.717, 1.165) is 0 Å². The maximum Gasteiger partial charge on any atom is 0.270 e. The average molecular weight is 242 g/mol. The van der Waals surface area contributed by atoms with E-state index in [1.807, 2.05) is 0 Å². The highest BCUT2D eigenvalue weighted by atomic mass is 16.6. The Labute approximate surface area is 103 Å². The number of nitro benzene ring substituents is 1. The lowest BCUT2D eigenvalue weighted by Crippen LogP contribution is -2.02. The third-order valence-corrected chi connectivity index (χ3v) is 2.35. The van der Waals surface area contributed by atoms with E-state index in [9.17, 15) is 10.1 Å². The largest absolute Gasteiger partial charge is 0.359 e. The molecular weight excluding hydrogens is 232 g/mol. The maximum atomic E-state index is 10.7. The van der Waals surface area contributed by atoms with Gasteiger partial charge in [-0.15, -0.1) is 5.92 Å². The molecule has 6 nitrogen and oxygen atoms in total. The lowest BCUT2D eigenvalue weighted by atomic mass is 10.2. The van der Waals surface area contributed by atoms with Crippen LogP contribution in [0, 0.1) is 22.0 Å². The van der Waals surface area contributed by atoms with E-state index >= 15 is 0 Å². The van der Waals surface area contributed by atoms with Gasteiger partial charge in [0.2, 0.25) is 0 Å². The summed E-state index contributed by atoms with van der Waals surface area (Å²) in [6.45, 7) is 2.18. The molecule has 1 N–H and O–H groups in total. The molecule has 1 aromatic heterocycles. The first-order valence-corrected chi connectivity index (χ1v) is 5.25. The second-order valence-corrected chi connectivity index (χ2v) is 3.46. The number of fused-ring (bicyclic) bond motifs is 1. The number of hydrogen-bond acceptors (Lipinski definition) is 5. The van der Waals surface area contributed by atoms with Gasteiger partial charge in [-0.25, -0.2) is 9.97 Å². The predicted molar refractivity (Wildman–Crippen MR) is 68.1 cm³/mol. The molecule has 0 amide bonds. The van der Waals surface area contributed by atoms with Crippen LogP contribution in [0.2, 0.25) is 0 Å². The van der Waals surface area contributed by atoms with Crippen LogP contribution in [0.5, 0.6) is 0 Å². The second-order valence-electron chi connectivity index (χ2n) is 3.46. The van der Waals surface area contributed by atoms with Crippen molar-refractivity contribution in [3.8, 4) is 11.8 Å². The van der Waals surface area contributed by atoms with Gasteiger partial charge in [-0.2, -0.15) is 0 Å². The summed E-state index contributed by atoms with van der Waals surface area (Å²) in [6.07, 6.45) is 1.41. The number of non-ortho nitro benzene ring substituents is 1. The molecule has 6 heteroatoms. The van der Waals surface area contributed by atoms with Crippen molar-refractivity contribution in [2.45, 2.75) is 6.92 Å². The van der Waals surface area contributed by atoms with Crippen molar-refractivity contribution in [2.75, 3.05) is 11.9 Å². The lowest BCUT2D eigenvalue weighted by molar-refractivity contribution is -0.384. The highest BCUT2D eigenvalue weighted by Crippen LogP contribution is 2.23. The number of anilines is 1. The highest BCUT2D eigenvalue weighted by Gasteiger charge is 2.09. The molecule has 0 saturated heterocycles. The zero-order valence-corrected chi connectivity index (χ0v) is 9.67. The van der Waals surface area contributed by atoms with Crippen molar-refractivity contribution in [1.29, 1.82) is 0 Å². The molecule has 0 aliphatic carbocycles. The van der Waals surface area contributed by atoms with Crippen molar-refractivity contribution >= 4 is 22.4 Å². The Hall–Kier alpha value is -2.68. The number of nitrogens with zero attached hydrogens (tertiary/aromatic N) is 3. The average Bonchev–Trinajstić information content (AvgIpc) is 2.38. The van der Waals surface area contributed by atoms with Gasteiger partial charge in [-0.3, -0.25) is 10.1 Å². The summed E-state index contributed by atoms with van der Waals surface area (Å²) in [5.74, 6) is 6.14. The lowest BCUT2D eigenvalue weighted by Gasteiger charge is -2.05. The molecule has 1 heterocycles. The smallest absolute Gasteiger partial charge is 0.270 e. The van der Waals surface area contributed by atoms with E-state index in [0.29, 0.717) is 23.3 Å². The van der Waals surface area contributed by atoms with Crippen LogP contribution >= 0.6 is 0 Å². The molecule has 2 aromatic rings. The number of benzene rings is 1. The molecule has 0 saturated carbocycles. The Bertz CT molecular complexity index is 658. The first-order chi connectivity index (χ1) is 8.72. The SMILES string of the molecule is CC#CCNc1ncnc2ccc([N+](=O)[O-])cc12. The van der Waals surface area contributed by atoms with E-state index < -0.39 is 4.92 Å². The quantitative estimate of drug-likeness (QED) is 0.505. The topological polar surface area (TPSA) is 81.0 Å². The molecule has 90 valence electrons. The molecule has 1 aromatic carbocycles. The number of hydrogen-bond donors (Lipinski definition) is 1. The molecular formula is C12H10N4O2. The molecule has 0 unspecified atom stereocenters. The van der Waals surface area contributed by atoms with Crippen molar-refractivity contribution in [1.82, 2.24) is 9.97 Å². The van der Waals surface area contributed by atoms with Gasteiger partial charge in [0.25, 0.3) is 5.69 Å². The zero-order valence-electron chi connectivity index (χ0n) is 9.67. The fraction of sp³-hybridized carbons (Fsp3) is 0.167. The van der Waals surface area contributed by atoms with E-state index in [4.69, 9.17) is 0 Å². The minimum atomic E-state index is -0.442. The molecule has 0 atom stereocenters. The number of rotatable bonds is 3. The van der Waals surface area contributed by atoms with Crippen molar-refractivity contribution in [3.05, 3.63) is 34.6 Å². The Kier molecular flexibility index (Phi) is 3.34. The van der Waals surface area contributed by atoms with Crippen LogP contribution in [-0.4, -0.2) is 21.4 Å². The summed E-state index contributed by atoms with van der Waals surface area (Å²) < 4.78 is 0. The van der Waals surface area contributed by atoms with E-state index in [1.165, 1.54) is 18.5 Å². The van der Waals surface area contributed by atoms with Gasteiger partial charge in [0.15, 0.2) is 0 Å². The van der Waals surface area contributed by atoms with Crippen LogP contribution in [-0.2, 0) is 0 Å². The van der Waals surface area contributed by atoms with Crippen molar-refractivity contribution in [2.24, 2.45) is 0 Å². The third-order valence-electron chi connectivity index (χ3n) is 2.35. The standard InChI is InChI=1S/C12H10N4O2/c1-2-3-6-13-12-10-7-9(16(17)18)4-5-11(10)14-8-15-12/h4-5,7-8H,6H2,1H3,(H,13,14,15). The number of nitro groups is 1. The second kappa shape index (κ2) is 5.10. The van der Waals surface area contributed by atoms with Crippen LogP contribution < -0.4 is 5.32 Å².